The van der Waals surface area contributed by atoms with Gasteiger partial charge in [0.25, 0.3) is 0 Å². The fourth-order valence-corrected chi connectivity index (χ4v) is 2.95. The quantitative estimate of drug-likeness (QED) is 0.764. The monoisotopic (exact) mass is 369 g/mol. The minimum atomic E-state index is -0.305. The van der Waals surface area contributed by atoms with E-state index in [1.165, 1.54) is 28.8 Å². The van der Waals surface area contributed by atoms with Crippen LogP contribution in [0, 0.1) is 19.7 Å². The number of benzene rings is 2. The number of halogens is 3. The van der Waals surface area contributed by atoms with E-state index < -0.39 is 0 Å². The van der Waals surface area contributed by atoms with Crippen LogP contribution in [-0.2, 0) is 6.42 Å². The van der Waals surface area contributed by atoms with Crippen LogP contribution in [0.15, 0.2) is 34.8 Å². The van der Waals surface area contributed by atoms with Crippen LogP contribution in [0.2, 0.25) is 5.02 Å². The topological polar surface area (TPSA) is 12.0 Å². The molecule has 1 N–H and O–H groups in total. The fraction of sp³-hybridized carbons (Fsp3) is 0.294. The second-order valence-corrected chi connectivity index (χ2v) is 6.45. The van der Waals surface area contributed by atoms with Gasteiger partial charge in [-0.05, 0) is 61.7 Å². The highest BCUT2D eigenvalue weighted by Gasteiger charge is 2.14. The Morgan fingerprint density at radius 1 is 1.19 bits per heavy atom. The molecule has 1 atom stereocenters. The Balaban J connectivity index is 2.32. The lowest BCUT2D eigenvalue weighted by atomic mass is 9.96. The van der Waals surface area contributed by atoms with Gasteiger partial charge >= 0.3 is 0 Å². The zero-order chi connectivity index (χ0) is 15.6. The van der Waals surface area contributed by atoms with Gasteiger partial charge in [0.1, 0.15) is 5.82 Å². The summed E-state index contributed by atoms with van der Waals surface area (Å²) < 4.78 is 14.3. The molecule has 0 radical (unpaired) electrons. The first-order valence-corrected chi connectivity index (χ1v) is 7.97. The lowest BCUT2D eigenvalue weighted by Crippen LogP contribution is -2.19. The van der Waals surface area contributed by atoms with Crippen molar-refractivity contribution in [1.29, 1.82) is 0 Å². The van der Waals surface area contributed by atoms with Crippen LogP contribution < -0.4 is 5.32 Å². The standard InChI is InChI=1S/C17H18BrClFN/c1-10-6-13(7-11(2)17(10)18)16(21-3)8-12-4-5-14(20)9-15(12)19/h4-7,9,16,21H,8H2,1-3H3. The Kier molecular flexibility index (Phi) is 5.42. The molecule has 0 saturated carbocycles. The molecule has 112 valence electrons. The molecule has 0 aliphatic carbocycles. The summed E-state index contributed by atoms with van der Waals surface area (Å²) in [5, 5.41) is 3.79. The maximum Gasteiger partial charge on any atom is 0.124 e. The Hall–Kier alpha value is -0.900. The van der Waals surface area contributed by atoms with Crippen LogP contribution >= 0.6 is 27.5 Å². The highest BCUT2D eigenvalue weighted by atomic mass is 79.9. The molecule has 0 aromatic heterocycles. The van der Waals surface area contributed by atoms with Gasteiger partial charge in [-0.25, -0.2) is 4.39 Å². The van der Waals surface area contributed by atoms with Gasteiger partial charge in [0.2, 0.25) is 0 Å². The Bertz CT molecular complexity index is 634. The molecule has 21 heavy (non-hydrogen) atoms. The van der Waals surface area contributed by atoms with E-state index >= 15 is 0 Å². The van der Waals surface area contributed by atoms with Crippen LogP contribution in [-0.4, -0.2) is 7.05 Å². The Labute approximate surface area is 138 Å². The fourth-order valence-electron chi connectivity index (χ4n) is 2.47. The summed E-state index contributed by atoms with van der Waals surface area (Å²) in [7, 11) is 1.93. The van der Waals surface area contributed by atoms with Crippen molar-refractivity contribution in [3.8, 4) is 0 Å². The largest absolute Gasteiger partial charge is 0.313 e. The summed E-state index contributed by atoms with van der Waals surface area (Å²) in [4.78, 5) is 0. The van der Waals surface area contributed by atoms with Gasteiger partial charge in [-0.2, -0.15) is 0 Å². The minimum Gasteiger partial charge on any atom is -0.313 e. The molecule has 0 amide bonds. The average Bonchev–Trinajstić information content (AvgIpc) is 2.43. The smallest absolute Gasteiger partial charge is 0.124 e. The van der Waals surface area contributed by atoms with Crippen molar-refractivity contribution in [1.82, 2.24) is 5.32 Å². The number of likely N-dealkylation sites (N-methyl/N-ethyl adjacent to an activating group) is 1. The predicted molar refractivity (Wildman–Crippen MR) is 90.5 cm³/mol. The highest BCUT2D eigenvalue weighted by molar-refractivity contribution is 9.10. The second kappa shape index (κ2) is 6.91. The molecule has 1 unspecified atom stereocenters. The minimum absolute atomic E-state index is 0.137. The second-order valence-electron chi connectivity index (χ2n) is 5.25. The van der Waals surface area contributed by atoms with Crippen molar-refractivity contribution in [3.05, 3.63) is 67.9 Å². The van der Waals surface area contributed by atoms with Crippen molar-refractivity contribution in [2.24, 2.45) is 0 Å². The van der Waals surface area contributed by atoms with Gasteiger partial charge in [-0.1, -0.05) is 45.7 Å². The third-order valence-electron chi connectivity index (χ3n) is 3.65. The van der Waals surface area contributed by atoms with Crippen LogP contribution in [0.25, 0.3) is 0 Å². The van der Waals surface area contributed by atoms with Crippen LogP contribution in [0.1, 0.15) is 28.3 Å². The molecule has 0 heterocycles. The number of rotatable bonds is 4. The normalized spacial score (nSPS) is 12.5. The molecule has 0 saturated heterocycles. The van der Waals surface area contributed by atoms with E-state index in [4.69, 9.17) is 11.6 Å². The molecule has 0 bridgehead atoms. The first kappa shape index (κ1) is 16.5. The summed E-state index contributed by atoms with van der Waals surface area (Å²) in [5.74, 6) is -0.305. The molecule has 4 heteroatoms. The lowest BCUT2D eigenvalue weighted by molar-refractivity contribution is 0.588. The van der Waals surface area contributed by atoms with Crippen molar-refractivity contribution < 1.29 is 4.39 Å². The number of nitrogens with one attached hydrogen (secondary N) is 1. The van der Waals surface area contributed by atoms with Gasteiger partial charge in [0.15, 0.2) is 0 Å². The first-order chi connectivity index (χ1) is 9.92. The molecule has 0 aliphatic heterocycles. The summed E-state index contributed by atoms with van der Waals surface area (Å²) in [6, 6.07) is 9.03. The third-order valence-corrected chi connectivity index (χ3v) is 5.25. The van der Waals surface area contributed by atoms with Gasteiger partial charge < -0.3 is 5.32 Å². The first-order valence-electron chi connectivity index (χ1n) is 6.80. The van der Waals surface area contributed by atoms with E-state index in [0.717, 1.165) is 16.5 Å². The summed E-state index contributed by atoms with van der Waals surface area (Å²) in [6.07, 6.45) is 0.718. The van der Waals surface area contributed by atoms with Crippen LogP contribution in [0.4, 0.5) is 4.39 Å². The number of aryl methyl sites for hydroxylation is 2. The number of hydrogen-bond donors (Lipinski definition) is 1. The van der Waals surface area contributed by atoms with E-state index in [1.807, 2.05) is 7.05 Å². The average molecular weight is 371 g/mol. The predicted octanol–water partition coefficient (Wildman–Crippen LogP) is 5.36. The van der Waals surface area contributed by atoms with Gasteiger partial charge in [-0.3, -0.25) is 0 Å². The summed E-state index contributed by atoms with van der Waals surface area (Å²) in [5.41, 5.74) is 4.55. The molecule has 0 fully saturated rings. The van der Waals surface area contributed by atoms with Gasteiger partial charge in [0, 0.05) is 15.5 Å². The Morgan fingerprint density at radius 3 is 2.33 bits per heavy atom. The van der Waals surface area contributed by atoms with Crippen LogP contribution in [0.5, 0.6) is 0 Å². The molecule has 0 aliphatic rings. The molecule has 2 rings (SSSR count). The van der Waals surface area contributed by atoms with E-state index in [-0.39, 0.29) is 11.9 Å². The number of hydrogen-bond acceptors (Lipinski definition) is 1. The van der Waals surface area contributed by atoms with Gasteiger partial charge in [-0.15, -0.1) is 0 Å². The van der Waals surface area contributed by atoms with Crippen molar-refractivity contribution in [3.63, 3.8) is 0 Å². The van der Waals surface area contributed by atoms with E-state index in [1.54, 1.807) is 6.07 Å². The zero-order valence-corrected chi connectivity index (χ0v) is 14.6. The molecular formula is C17H18BrClFN. The molecule has 1 nitrogen and oxygen atoms in total. The lowest BCUT2D eigenvalue weighted by Gasteiger charge is -2.19. The van der Waals surface area contributed by atoms with E-state index in [2.05, 4.69) is 47.2 Å². The van der Waals surface area contributed by atoms with E-state index in [0.29, 0.717) is 5.02 Å². The zero-order valence-electron chi connectivity index (χ0n) is 12.3. The van der Waals surface area contributed by atoms with Crippen molar-refractivity contribution in [2.45, 2.75) is 26.3 Å². The summed E-state index contributed by atoms with van der Waals surface area (Å²) in [6.45, 7) is 4.16. The van der Waals surface area contributed by atoms with E-state index in [9.17, 15) is 4.39 Å². The molecule has 0 spiro atoms. The van der Waals surface area contributed by atoms with Crippen LogP contribution in [0.3, 0.4) is 0 Å². The SMILES string of the molecule is CNC(Cc1ccc(F)cc1Cl)c1cc(C)c(Br)c(C)c1. The van der Waals surface area contributed by atoms with Crippen molar-refractivity contribution in [2.75, 3.05) is 7.05 Å². The summed E-state index contributed by atoms with van der Waals surface area (Å²) >= 11 is 9.72. The highest BCUT2D eigenvalue weighted by Crippen LogP contribution is 2.29. The molecule has 2 aromatic rings. The molecular weight excluding hydrogens is 353 g/mol. The maximum atomic E-state index is 13.1. The van der Waals surface area contributed by atoms with Gasteiger partial charge in [0.05, 0.1) is 0 Å². The van der Waals surface area contributed by atoms with Crippen molar-refractivity contribution >= 4 is 27.5 Å². The third kappa shape index (κ3) is 3.85. The maximum absolute atomic E-state index is 13.1. The molecule has 2 aromatic carbocycles. The Morgan fingerprint density at radius 2 is 1.81 bits per heavy atom.